The van der Waals surface area contributed by atoms with Crippen LogP contribution in [0.25, 0.3) is 0 Å². The van der Waals surface area contributed by atoms with E-state index in [0.29, 0.717) is 19.0 Å². The van der Waals surface area contributed by atoms with Crippen molar-refractivity contribution in [2.24, 2.45) is 11.8 Å². The minimum absolute atomic E-state index is 0.0758. The number of carbonyl (C=O) groups excluding carboxylic acids is 1. The first-order valence-electron chi connectivity index (χ1n) is 10.6. The van der Waals surface area contributed by atoms with Crippen LogP contribution in [0.2, 0.25) is 0 Å². The lowest BCUT2D eigenvalue weighted by Gasteiger charge is -2.34. The average molecular weight is 392 g/mol. The maximum Gasteiger partial charge on any atom is 0.330 e. The highest BCUT2D eigenvalue weighted by atomic mass is 16.2. The van der Waals surface area contributed by atoms with Crippen LogP contribution in [0, 0.1) is 11.8 Å². The fraction of sp³-hybridized carbons (Fsp3) is 0.750. The number of unbranched alkanes of at least 4 members (excludes halogenated alkanes) is 1. The van der Waals surface area contributed by atoms with E-state index in [4.69, 9.17) is 5.73 Å². The number of aromatic amines is 1. The minimum Gasteiger partial charge on any atom is -0.383 e. The van der Waals surface area contributed by atoms with Crippen molar-refractivity contribution in [3.63, 3.8) is 0 Å². The highest BCUT2D eigenvalue weighted by Crippen LogP contribution is 2.40. The number of nitrogens with zero attached hydrogens (tertiary/aromatic N) is 3. The zero-order chi connectivity index (χ0) is 20.3. The summed E-state index contributed by atoms with van der Waals surface area (Å²) in [7, 11) is 0. The van der Waals surface area contributed by atoms with Crippen molar-refractivity contribution in [3.05, 3.63) is 20.8 Å². The zero-order valence-electron chi connectivity index (χ0n) is 17.1. The van der Waals surface area contributed by atoms with Gasteiger partial charge in [-0.05, 0) is 57.4 Å². The van der Waals surface area contributed by atoms with Crippen LogP contribution < -0.4 is 21.9 Å². The third-order valence-corrected chi connectivity index (χ3v) is 6.03. The smallest absolute Gasteiger partial charge is 0.330 e. The molecule has 2 heterocycles. The Bertz CT molecular complexity index is 811. The molecule has 1 unspecified atom stereocenters. The van der Waals surface area contributed by atoms with Gasteiger partial charge in [-0.2, -0.15) is 0 Å². The number of hydrogen-bond acceptors (Lipinski definition) is 5. The highest BCUT2D eigenvalue weighted by Gasteiger charge is 2.35. The van der Waals surface area contributed by atoms with E-state index in [1.807, 2.05) is 13.8 Å². The van der Waals surface area contributed by atoms with Crippen molar-refractivity contribution >= 4 is 17.4 Å². The summed E-state index contributed by atoms with van der Waals surface area (Å²) in [6.45, 7) is 6.74. The number of likely N-dealkylation sites (tertiary alicyclic amines) is 1. The van der Waals surface area contributed by atoms with Gasteiger partial charge in [0.15, 0.2) is 5.69 Å². The van der Waals surface area contributed by atoms with Gasteiger partial charge in [0.25, 0.3) is 5.56 Å². The zero-order valence-corrected chi connectivity index (χ0v) is 17.1. The molecule has 8 nitrogen and oxygen atoms in total. The van der Waals surface area contributed by atoms with E-state index in [1.54, 1.807) is 0 Å². The Hall–Kier alpha value is -2.09. The van der Waals surface area contributed by atoms with Crippen molar-refractivity contribution in [1.82, 2.24) is 14.5 Å². The lowest BCUT2D eigenvalue weighted by molar-refractivity contribution is -0.120. The summed E-state index contributed by atoms with van der Waals surface area (Å²) in [5.41, 5.74) is 5.16. The molecule has 1 aromatic heterocycles. The maximum absolute atomic E-state index is 13.0. The van der Waals surface area contributed by atoms with Crippen LogP contribution in [-0.2, 0) is 11.3 Å². The van der Waals surface area contributed by atoms with E-state index in [0.717, 1.165) is 38.3 Å². The standard InChI is InChI=1S/C20H33N5O3/c1-3-5-11-25-18(21)17(19(27)22-20(25)28)24(4-2)16(26)13-23-10-6-7-15(12-23)14-8-9-14/h14-15H,3-13,21H2,1-2H3,(H,22,27,28). The number of anilines is 2. The molecule has 1 aliphatic heterocycles. The average Bonchev–Trinajstić information content (AvgIpc) is 3.50. The van der Waals surface area contributed by atoms with E-state index in [2.05, 4.69) is 9.88 Å². The van der Waals surface area contributed by atoms with Crippen LogP contribution in [0.15, 0.2) is 9.59 Å². The van der Waals surface area contributed by atoms with Gasteiger partial charge in [-0.15, -0.1) is 0 Å². The van der Waals surface area contributed by atoms with Crippen LogP contribution >= 0.6 is 0 Å². The number of aromatic nitrogens is 2. The van der Waals surface area contributed by atoms with E-state index < -0.39 is 11.2 Å². The fourth-order valence-corrected chi connectivity index (χ4v) is 4.30. The molecule has 1 saturated heterocycles. The van der Waals surface area contributed by atoms with Crippen LogP contribution in [0.1, 0.15) is 52.4 Å². The molecule has 0 bridgehead atoms. The maximum atomic E-state index is 13.0. The molecule has 0 spiro atoms. The largest absolute Gasteiger partial charge is 0.383 e. The second kappa shape index (κ2) is 8.94. The van der Waals surface area contributed by atoms with Gasteiger partial charge >= 0.3 is 5.69 Å². The molecule has 2 fully saturated rings. The third-order valence-electron chi connectivity index (χ3n) is 6.03. The van der Waals surface area contributed by atoms with E-state index in [1.165, 1.54) is 28.7 Å². The van der Waals surface area contributed by atoms with Gasteiger partial charge in [-0.25, -0.2) is 4.79 Å². The van der Waals surface area contributed by atoms with Crippen molar-refractivity contribution in [1.29, 1.82) is 0 Å². The minimum atomic E-state index is -0.597. The number of hydrogen-bond donors (Lipinski definition) is 2. The molecule has 2 aliphatic rings. The second-order valence-electron chi connectivity index (χ2n) is 8.11. The molecule has 0 radical (unpaired) electrons. The number of carbonyl (C=O) groups is 1. The fourth-order valence-electron chi connectivity index (χ4n) is 4.30. The number of piperidine rings is 1. The van der Waals surface area contributed by atoms with Crippen molar-refractivity contribution in [3.8, 4) is 0 Å². The predicted molar refractivity (Wildman–Crippen MR) is 111 cm³/mol. The quantitative estimate of drug-likeness (QED) is 0.697. The molecule has 156 valence electrons. The summed E-state index contributed by atoms with van der Waals surface area (Å²) in [5, 5.41) is 0. The molecule has 1 amide bonds. The number of nitrogens with two attached hydrogens (primary N) is 1. The second-order valence-corrected chi connectivity index (χ2v) is 8.11. The van der Waals surface area contributed by atoms with Gasteiger partial charge in [0, 0.05) is 19.6 Å². The van der Waals surface area contributed by atoms with E-state index >= 15 is 0 Å². The molecule has 3 rings (SSSR count). The predicted octanol–water partition coefficient (Wildman–Crippen LogP) is 1.39. The van der Waals surface area contributed by atoms with Crippen molar-refractivity contribution in [2.75, 3.05) is 36.8 Å². The molecule has 1 aromatic rings. The molecule has 0 aromatic carbocycles. The normalized spacial score (nSPS) is 20.3. The van der Waals surface area contributed by atoms with Gasteiger partial charge in [0.1, 0.15) is 5.82 Å². The van der Waals surface area contributed by atoms with Gasteiger partial charge in [-0.3, -0.25) is 24.0 Å². The number of nitrogens with one attached hydrogen (secondary N) is 1. The van der Waals surface area contributed by atoms with Crippen LogP contribution in [0.5, 0.6) is 0 Å². The van der Waals surface area contributed by atoms with E-state index in [-0.39, 0.29) is 24.0 Å². The molecule has 1 atom stereocenters. The molecule has 3 N–H and O–H groups in total. The summed E-state index contributed by atoms with van der Waals surface area (Å²) in [6, 6.07) is 0. The van der Waals surface area contributed by atoms with Crippen molar-refractivity contribution in [2.45, 2.75) is 58.9 Å². The SMILES string of the molecule is CCCCn1c(N)c(N(CC)C(=O)CN2CCCC(C3CC3)C2)c(=O)[nH]c1=O. The summed E-state index contributed by atoms with van der Waals surface area (Å²) in [5.74, 6) is 1.46. The number of likely N-dealkylation sites (N-methyl/N-ethyl adjacent to an activating group) is 1. The Labute approximate surface area is 165 Å². The Morgan fingerprint density at radius 3 is 2.61 bits per heavy atom. The van der Waals surface area contributed by atoms with Gasteiger partial charge in [-0.1, -0.05) is 13.3 Å². The van der Waals surface area contributed by atoms with Crippen LogP contribution in [0.4, 0.5) is 11.5 Å². The third kappa shape index (κ3) is 4.48. The number of amides is 1. The Balaban J connectivity index is 1.79. The molecular formula is C20H33N5O3. The summed E-state index contributed by atoms with van der Waals surface area (Å²) < 4.78 is 1.36. The molecule has 8 heteroatoms. The molecule has 28 heavy (non-hydrogen) atoms. The number of H-pyrrole nitrogens is 1. The first kappa shape index (κ1) is 20.6. The Kier molecular flexibility index (Phi) is 6.59. The first-order valence-corrected chi connectivity index (χ1v) is 10.6. The summed E-state index contributed by atoms with van der Waals surface area (Å²) >= 11 is 0. The summed E-state index contributed by atoms with van der Waals surface area (Å²) in [4.78, 5) is 43.6. The summed E-state index contributed by atoms with van der Waals surface area (Å²) in [6.07, 6.45) is 6.67. The first-order chi connectivity index (χ1) is 13.5. The van der Waals surface area contributed by atoms with Gasteiger partial charge < -0.3 is 10.6 Å². The van der Waals surface area contributed by atoms with Crippen molar-refractivity contribution < 1.29 is 4.79 Å². The lowest BCUT2D eigenvalue weighted by Crippen LogP contribution is -2.47. The topological polar surface area (TPSA) is 104 Å². The van der Waals surface area contributed by atoms with E-state index in [9.17, 15) is 14.4 Å². The Morgan fingerprint density at radius 2 is 1.96 bits per heavy atom. The monoisotopic (exact) mass is 391 g/mol. The number of rotatable bonds is 8. The molecule has 1 saturated carbocycles. The highest BCUT2D eigenvalue weighted by molar-refractivity contribution is 5.96. The molecular weight excluding hydrogens is 358 g/mol. The number of nitrogen functional groups attached to an aromatic ring is 1. The van der Waals surface area contributed by atoms with Crippen LogP contribution in [0.3, 0.4) is 0 Å². The van der Waals surface area contributed by atoms with Gasteiger partial charge in [0.05, 0.1) is 6.54 Å². The lowest BCUT2D eigenvalue weighted by atomic mass is 9.93. The Morgan fingerprint density at radius 1 is 1.21 bits per heavy atom. The van der Waals surface area contributed by atoms with Crippen LogP contribution in [-0.4, -0.2) is 46.5 Å². The van der Waals surface area contributed by atoms with Gasteiger partial charge in [0.2, 0.25) is 5.91 Å². The molecule has 1 aliphatic carbocycles.